The third-order valence-corrected chi connectivity index (χ3v) is 4.21. The zero-order valence-corrected chi connectivity index (χ0v) is 10.8. The summed E-state index contributed by atoms with van der Waals surface area (Å²) in [6.07, 6.45) is 6.64. The van der Waals surface area contributed by atoms with Gasteiger partial charge in [-0.05, 0) is 55.3 Å². The first kappa shape index (κ1) is 12.4. The highest BCUT2D eigenvalue weighted by molar-refractivity contribution is 5.40. The summed E-state index contributed by atoms with van der Waals surface area (Å²) in [5.41, 5.74) is 8.58. The summed E-state index contributed by atoms with van der Waals surface area (Å²) in [5, 5.41) is 3.61. The van der Waals surface area contributed by atoms with Gasteiger partial charge in [0.1, 0.15) is 0 Å². The molecule has 0 atom stereocenters. The molecule has 0 saturated heterocycles. The van der Waals surface area contributed by atoms with E-state index in [1.165, 1.54) is 37.8 Å². The molecule has 3 N–H and O–H groups in total. The van der Waals surface area contributed by atoms with Crippen molar-refractivity contribution in [3.8, 4) is 0 Å². The van der Waals surface area contributed by atoms with E-state index >= 15 is 0 Å². The third kappa shape index (κ3) is 3.22. The van der Waals surface area contributed by atoms with Crippen molar-refractivity contribution < 1.29 is 0 Å². The van der Waals surface area contributed by atoms with Crippen molar-refractivity contribution >= 4 is 5.69 Å². The molecule has 1 fully saturated rings. The lowest BCUT2D eigenvalue weighted by atomic mass is 9.67. The molecule has 2 heteroatoms. The van der Waals surface area contributed by atoms with Crippen LogP contribution in [0.3, 0.4) is 0 Å². The van der Waals surface area contributed by atoms with Crippen LogP contribution in [0.15, 0.2) is 24.3 Å². The molecular weight excluding hydrogens is 208 g/mol. The zero-order valence-electron chi connectivity index (χ0n) is 10.8. The van der Waals surface area contributed by atoms with Crippen LogP contribution >= 0.6 is 0 Å². The van der Waals surface area contributed by atoms with E-state index in [-0.39, 0.29) is 0 Å². The largest absolute Gasteiger partial charge is 0.399 e. The first-order valence-electron chi connectivity index (χ1n) is 6.79. The molecule has 0 amide bonds. The Morgan fingerprint density at radius 3 is 2.76 bits per heavy atom. The van der Waals surface area contributed by atoms with Gasteiger partial charge < -0.3 is 11.1 Å². The molecule has 0 radical (unpaired) electrons. The number of nitrogens with one attached hydrogen (secondary N) is 1. The van der Waals surface area contributed by atoms with Crippen LogP contribution in [-0.4, -0.2) is 13.1 Å². The maximum absolute atomic E-state index is 5.76. The smallest absolute Gasteiger partial charge is 0.0316 e. The van der Waals surface area contributed by atoms with Crippen LogP contribution < -0.4 is 11.1 Å². The predicted octanol–water partition coefficient (Wildman–Crippen LogP) is 2.98. The summed E-state index contributed by atoms with van der Waals surface area (Å²) in [4.78, 5) is 0. The van der Waals surface area contributed by atoms with Gasteiger partial charge in [0.05, 0.1) is 0 Å². The second-order valence-corrected chi connectivity index (χ2v) is 5.38. The highest BCUT2D eigenvalue weighted by atomic mass is 14.9. The summed E-state index contributed by atoms with van der Waals surface area (Å²) in [6.45, 7) is 4.57. The van der Waals surface area contributed by atoms with E-state index in [1.54, 1.807) is 0 Å². The van der Waals surface area contributed by atoms with Gasteiger partial charge in [-0.1, -0.05) is 25.5 Å². The highest BCUT2D eigenvalue weighted by Gasteiger charge is 2.34. The van der Waals surface area contributed by atoms with Crippen LogP contribution in [0.1, 0.15) is 38.2 Å². The van der Waals surface area contributed by atoms with E-state index in [9.17, 15) is 0 Å². The van der Waals surface area contributed by atoms with E-state index in [0.29, 0.717) is 5.41 Å². The number of hydrogen-bond donors (Lipinski definition) is 2. The number of hydrogen-bond acceptors (Lipinski definition) is 2. The van der Waals surface area contributed by atoms with Gasteiger partial charge in [0.25, 0.3) is 0 Å². The lowest BCUT2D eigenvalue weighted by Gasteiger charge is -2.41. The topological polar surface area (TPSA) is 38.0 Å². The predicted molar refractivity (Wildman–Crippen MR) is 74.0 cm³/mol. The fraction of sp³-hybridized carbons (Fsp3) is 0.600. The lowest BCUT2D eigenvalue weighted by molar-refractivity contribution is 0.124. The number of nitrogens with two attached hydrogens (primary N) is 1. The average Bonchev–Trinajstić information content (AvgIpc) is 2.27. The summed E-state index contributed by atoms with van der Waals surface area (Å²) in [5.74, 6) is 0. The maximum atomic E-state index is 5.76. The van der Waals surface area contributed by atoms with Gasteiger partial charge in [-0.25, -0.2) is 0 Å². The van der Waals surface area contributed by atoms with Gasteiger partial charge in [-0.3, -0.25) is 0 Å². The molecular formula is C15H24N2. The molecule has 0 bridgehead atoms. The summed E-state index contributed by atoms with van der Waals surface area (Å²) < 4.78 is 0. The first-order chi connectivity index (χ1) is 8.24. The van der Waals surface area contributed by atoms with Crippen LogP contribution in [0.2, 0.25) is 0 Å². The van der Waals surface area contributed by atoms with E-state index in [2.05, 4.69) is 24.4 Å². The standard InChI is InChI=1S/C15H24N2/c1-2-15(8-4-9-15)12-17-10-7-13-5-3-6-14(16)11-13/h3,5-6,11,17H,2,4,7-10,12,16H2,1H3. The van der Waals surface area contributed by atoms with Gasteiger partial charge >= 0.3 is 0 Å². The molecule has 17 heavy (non-hydrogen) atoms. The van der Waals surface area contributed by atoms with Crippen LogP contribution in [0.25, 0.3) is 0 Å². The molecule has 1 aliphatic rings. The normalized spacial score (nSPS) is 17.7. The Hall–Kier alpha value is -1.02. The van der Waals surface area contributed by atoms with E-state index in [0.717, 1.165) is 18.7 Å². The van der Waals surface area contributed by atoms with Crippen molar-refractivity contribution in [3.63, 3.8) is 0 Å². The summed E-state index contributed by atoms with van der Waals surface area (Å²) in [7, 11) is 0. The van der Waals surface area contributed by atoms with Crippen molar-refractivity contribution in [3.05, 3.63) is 29.8 Å². The number of anilines is 1. The molecule has 1 aromatic carbocycles. The van der Waals surface area contributed by atoms with Crippen LogP contribution in [0.5, 0.6) is 0 Å². The van der Waals surface area contributed by atoms with Gasteiger partial charge in [0, 0.05) is 12.2 Å². The first-order valence-corrected chi connectivity index (χ1v) is 6.79. The third-order valence-electron chi connectivity index (χ3n) is 4.21. The number of rotatable bonds is 6. The van der Waals surface area contributed by atoms with Crippen molar-refractivity contribution in [1.82, 2.24) is 5.32 Å². The second-order valence-electron chi connectivity index (χ2n) is 5.38. The number of benzene rings is 1. The molecule has 0 aliphatic heterocycles. The summed E-state index contributed by atoms with van der Waals surface area (Å²) >= 11 is 0. The Bertz CT molecular complexity index is 350. The van der Waals surface area contributed by atoms with Crippen molar-refractivity contribution in [2.75, 3.05) is 18.8 Å². The van der Waals surface area contributed by atoms with Gasteiger partial charge in [0.15, 0.2) is 0 Å². The zero-order chi connectivity index (χ0) is 12.1. The highest BCUT2D eigenvalue weighted by Crippen LogP contribution is 2.42. The molecule has 0 aromatic heterocycles. The lowest BCUT2D eigenvalue weighted by Crippen LogP contribution is -2.40. The Morgan fingerprint density at radius 2 is 2.18 bits per heavy atom. The Labute approximate surface area is 105 Å². The van der Waals surface area contributed by atoms with Gasteiger partial charge in [0.2, 0.25) is 0 Å². The quantitative estimate of drug-likeness (QED) is 0.584. The van der Waals surface area contributed by atoms with Crippen LogP contribution in [0, 0.1) is 5.41 Å². The Balaban J connectivity index is 1.69. The molecule has 2 rings (SSSR count). The van der Waals surface area contributed by atoms with Crippen molar-refractivity contribution in [2.45, 2.75) is 39.0 Å². The number of nitrogen functional groups attached to an aromatic ring is 1. The molecule has 1 saturated carbocycles. The fourth-order valence-electron chi connectivity index (χ4n) is 2.67. The Morgan fingerprint density at radius 1 is 1.35 bits per heavy atom. The summed E-state index contributed by atoms with van der Waals surface area (Å²) in [6, 6.07) is 8.19. The minimum Gasteiger partial charge on any atom is -0.399 e. The molecule has 1 aliphatic carbocycles. The monoisotopic (exact) mass is 232 g/mol. The van der Waals surface area contributed by atoms with Crippen molar-refractivity contribution in [2.24, 2.45) is 5.41 Å². The maximum Gasteiger partial charge on any atom is 0.0316 e. The fourth-order valence-corrected chi connectivity index (χ4v) is 2.67. The molecule has 1 aromatic rings. The molecule has 0 spiro atoms. The average molecular weight is 232 g/mol. The molecule has 0 unspecified atom stereocenters. The minimum absolute atomic E-state index is 0.621. The van der Waals surface area contributed by atoms with Gasteiger partial charge in [-0.2, -0.15) is 0 Å². The van der Waals surface area contributed by atoms with E-state index in [1.807, 2.05) is 12.1 Å². The van der Waals surface area contributed by atoms with Crippen LogP contribution in [-0.2, 0) is 6.42 Å². The van der Waals surface area contributed by atoms with Crippen LogP contribution in [0.4, 0.5) is 5.69 Å². The molecule has 94 valence electrons. The SMILES string of the molecule is CCC1(CNCCc2cccc(N)c2)CCC1. The molecule has 2 nitrogen and oxygen atoms in total. The second kappa shape index (κ2) is 5.54. The molecule has 0 heterocycles. The van der Waals surface area contributed by atoms with Gasteiger partial charge in [-0.15, -0.1) is 0 Å². The van der Waals surface area contributed by atoms with E-state index in [4.69, 9.17) is 5.73 Å². The van der Waals surface area contributed by atoms with E-state index < -0.39 is 0 Å². The Kier molecular flexibility index (Phi) is 4.06. The van der Waals surface area contributed by atoms with Crippen molar-refractivity contribution in [1.29, 1.82) is 0 Å². The minimum atomic E-state index is 0.621.